The van der Waals surface area contributed by atoms with Gasteiger partial charge in [0.05, 0.1) is 5.69 Å². The van der Waals surface area contributed by atoms with Crippen molar-refractivity contribution in [1.29, 1.82) is 5.26 Å². The first-order chi connectivity index (χ1) is 9.60. The summed E-state index contributed by atoms with van der Waals surface area (Å²) in [4.78, 5) is 5.11. The summed E-state index contributed by atoms with van der Waals surface area (Å²) in [6, 6.07) is 8.39. The van der Waals surface area contributed by atoms with Gasteiger partial charge in [0.2, 0.25) is 4.96 Å². The zero-order chi connectivity index (χ0) is 14.3. The van der Waals surface area contributed by atoms with Crippen LogP contribution in [0.25, 0.3) is 15.5 Å². The molecule has 0 aliphatic heterocycles. The van der Waals surface area contributed by atoms with Crippen molar-refractivity contribution in [2.45, 2.75) is 19.8 Å². The van der Waals surface area contributed by atoms with Crippen LogP contribution in [0.4, 0.5) is 4.39 Å². The predicted octanol–water partition coefficient (Wildman–Crippen LogP) is 3.59. The van der Waals surface area contributed by atoms with E-state index < -0.39 is 0 Å². The van der Waals surface area contributed by atoms with Gasteiger partial charge in [-0.2, -0.15) is 14.9 Å². The molecule has 0 atom stereocenters. The minimum absolute atomic E-state index is 0.163. The highest BCUT2D eigenvalue weighted by molar-refractivity contribution is 7.19. The van der Waals surface area contributed by atoms with Gasteiger partial charge >= 0.3 is 0 Å². The van der Waals surface area contributed by atoms with Crippen molar-refractivity contribution < 1.29 is 4.39 Å². The first-order valence-electron chi connectivity index (χ1n) is 6.15. The molecule has 3 rings (SSSR count). The van der Waals surface area contributed by atoms with Crippen LogP contribution in [0.2, 0.25) is 0 Å². The molecule has 20 heavy (non-hydrogen) atoms. The maximum Gasteiger partial charge on any atom is 0.213 e. The van der Waals surface area contributed by atoms with Crippen molar-refractivity contribution in [1.82, 2.24) is 14.6 Å². The van der Waals surface area contributed by atoms with Gasteiger partial charge in [-0.25, -0.2) is 9.37 Å². The smallest absolute Gasteiger partial charge is 0.213 e. The second kappa shape index (κ2) is 4.69. The molecule has 0 spiro atoms. The highest BCUT2D eigenvalue weighted by Crippen LogP contribution is 2.29. The lowest BCUT2D eigenvalue weighted by atomic mass is 10.1. The SMILES string of the molecule is CC(C)c1nc2sc(-c3cccc(F)c3)nn2c1C#N. The van der Waals surface area contributed by atoms with Gasteiger partial charge in [0.15, 0.2) is 5.69 Å². The molecule has 0 N–H and O–H groups in total. The summed E-state index contributed by atoms with van der Waals surface area (Å²) in [6.45, 7) is 3.97. The number of benzene rings is 1. The molecule has 2 aromatic heterocycles. The van der Waals surface area contributed by atoms with E-state index in [2.05, 4.69) is 16.2 Å². The van der Waals surface area contributed by atoms with Crippen molar-refractivity contribution in [3.8, 4) is 16.6 Å². The van der Waals surface area contributed by atoms with Crippen LogP contribution in [0.5, 0.6) is 0 Å². The third kappa shape index (κ3) is 1.96. The van der Waals surface area contributed by atoms with Gasteiger partial charge < -0.3 is 0 Å². The predicted molar refractivity (Wildman–Crippen MR) is 75.1 cm³/mol. The average molecular weight is 286 g/mol. The van der Waals surface area contributed by atoms with E-state index in [9.17, 15) is 9.65 Å². The molecule has 0 radical (unpaired) electrons. The molecule has 0 saturated carbocycles. The second-order valence-electron chi connectivity index (χ2n) is 4.72. The van der Waals surface area contributed by atoms with E-state index in [1.165, 1.54) is 23.5 Å². The van der Waals surface area contributed by atoms with Gasteiger partial charge in [0.1, 0.15) is 16.9 Å². The lowest BCUT2D eigenvalue weighted by molar-refractivity contribution is 0.628. The third-order valence-corrected chi connectivity index (χ3v) is 3.91. The van der Waals surface area contributed by atoms with Crippen molar-refractivity contribution in [3.05, 3.63) is 41.5 Å². The Balaban J connectivity index is 2.18. The Kier molecular flexibility index (Phi) is 2.99. The number of rotatable bonds is 2. The fourth-order valence-corrected chi connectivity index (χ4v) is 2.91. The third-order valence-electron chi connectivity index (χ3n) is 2.95. The van der Waals surface area contributed by atoms with Crippen molar-refractivity contribution in [2.75, 3.05) is 0 Å². The Morgan fingerprint density at radius 1 is 1.40 bits per heavy atom. The van der Waals surface area contributed by atoms with Crippen LogP contribution >= 0.6 is 11.3 Å². The summed E-state index contributed by atoms with van der Waals surface area (Å²) in [5.74, 6) is -0.144. The fourth-order valence-electron chi connectivity index (χ4n) is 2.01. The first kappa shape index (κ1) is 12.8. The van der Waals surface area contributed by atoms with Gasteiger partial charge in [-0.3, -0.25) is 0 Å². The van der Waals surface area contributed by atoms with E-state index in [-0.39, 0.29) is 11.7 Å². The number of halogens is 1. The molecule has 0 bridgehead atoms. The Bertz CT molecular complexity index is 825. The lowest BCUT2D eigenvalue weighted by Crippen LogP contribution is -1.95. The number of fused-ring (bicyclic) bond motifs is 1. The largest absolute Gasteiger partial charge is 0.221 e. The summed E-state index contributed by atoms with van der Waals surface area (Å²) >= 11 is 1.35. The van der Waals surface area contributed by atoms with Crippen LogP contribution in [0.3, 0.4) is 0 Å². The second-order valence-corrected chi connectivity index (χ2v) is 5.68. The van der Waals surface area contributed by atoms with Gasteiger partial charge in [-0.1, -0.05) is 37.3 Å². The van der Waals surface area contributed by atoms with Gasteiger partial charge in [0, 0.05) is 5.56 Å². The minimum atomic E-state index is -0.307. The zero-order valence-corrected chi connectivity index (χ0v) is 11.8. The van der Waals surface area contributed by atoms with Crippen LogP contribution in [-0.2, 0) is 0 Å². The van der Waals surface area contributed by atoms with Crippen LogP contribution in [0.1, 0.15) is 31.2 Å². The first-order valence-corrected chi connectivity index (χ1v) is 6.97. The van der Waals surface area contributed by atoms with Crippen LogP contribution in [-0.4, -0.2) is 14.6 Å². The maximum absolute atomic E-state index is 13.3. The molecular weight excluding hydrogens is 275 g/mol. The van der Waals surface area contributed by atoms with E-state index >= 15 is 0 Å². The molecular formula is C14H11FN4S. The lowest BCUT2D eigenvalue weighted by Gasteiger charge is -1.99. The summed E-state index contributed by atoms with van der Waals surface area (Å²) in [7, 11) is 0. The summed E-state index contributed by atoms with van der Waals surface area (Å²) < 4.78 is 14.8. The molecule has 0 fully saturated rings. The van der Waals surface area contributed by atoms with E-state index in [1.807, 2.05) is 13.8 Å². The molecule has 0 aliphatic carbocycles. The highest BCUT2D eigenvalue weighted by Gasteiger charge is 2.19. The van der Waals surface area contributed by atoms with Crippen molar-refractivity contribution >= 4 is 16.3 Å². The molecule has 0 aliphatic rings. The zero-order valence-electron chi connectivity index (χ0n) is 11.0. The molecule has 1 aromatic carbocycles. The van der Waals surface area contributed by atoms with Gasteiger partial charge in [-0.15, -0.1) is 0 Å². The van der Waals surface area contributed by atoms with E-state index in [0.29, 0.717) is 21.2 Å². The van der Waals surface area contributed by atoms with E-state index in [0.717, 1.165) is 5.69 Å². The number of hydrogen-bond acceptors (Lipinski definition) is 4. The number of nitriles is 1. The van der Waals surface area contributed by atoms with E-state index in [4.69, 9.17) is 0 Å². The number of hydrogen-bond donors (Lipinski definition) is 0. The van der Waals surface area contributed by atoms with Gasteiger partial charge in [0.25, 0.3) is 0 Å². The van der Waals surface area contributed by atoms with Crippen molar-refractivity contribution in [3.63, 3.8) is 0 Å². The standard InChI is InChI=1S/C14H11FN4S/c1-8(2)12-11(7-16)19-14(17-12)20-13(18-19)9-4-3-5-10(15)6-9/h3-6,8H,1-2H3. The number of nitrogens with zero attached hydrogens (tertiary/aromatic N) is 4. The molecule has 2 heterocycles. The van der Waals surface area contributed by atoms with Crippen LogP contribution in [0.15, 0.2) is 24.3 Å². The number of aromatic nitrogens is 3. The molecule has 3 aromatic rings. The van der Waals surface area contributed by atoms with Crippen LogP contribution < -0.4 is 0 Å². The summed E-state index contributed by atoms with van der Waals surface area (Å²) in [6.07, 6.45) is 0. The van der Waals surface area contributed by atoms with Crippen molar-refractivity contribution in [2.24, 2.45) is 0 Å². The normalized spacial score (nSPS) is 11.2. The quantitative estimate of drug-likeness (QED) is 0.723. The monoisotopic (exact) mass is 286 g/mol. The fraction of sp³-hybridized carbons (Fsp3) is 0.214. The number of imidazole rings is 1. The molecule has 4 nitrogen and oxygen atoms in total. The maximum atomic E-state index is 13.3. The summed E-state index contributed by atoms with van der Waals surface area (Å²) in [5.41, 5.74) is 1.89. The topological polar surface area (TPSA) is 54.0 Å². The molecule has 6 heteroatoms. The summed E-state index contributed by atoms with van der Waals surface area (Å²) in [5, 5.41) is 14.3. The Morgan fingerprint density at radius 3 is 2.85 bits per heavy atom. The molecule has 0 amide bonds. The molecule has 100 valence electrons. The van der Waals surface area contributed by atoms with Gasteiger partial charge in [-0.05, 0) is 18.1 Å². The van der Waals surface area contributed by atoms with Crippen LogP contribution in [0, 0.1) is 17.1 Å². The molecule has 0 saturated heterocycles. The average Bonchev–Trinajstić information content (AvgIpc) is 2.95. The minimum Gasteiger partial charge on any atom is -0.221 e. The van der Waals surface area contributed by atoms with E-state index in [1.54, 1.807) is 16.6 Å². The Morgan fingerprint density at radius 2 is 2.20 bits per heavy atom. The highest BCUT2D eigenvalue weighted by atomic mass is 32.1. The Hall–Kier alpha value is -2.26. The Labute approximate surface area is 119 Å². The molecule has 0 unspecified atom stereocenters.